The predicted molar refractivity (Wildman–Crippen MR) is 127 cm³/mol. The van der Waals surface area contributed by atoms with Crippen molar-refractivity contribution in [1.29, 1.82) is 0 Å². The highest BCUT2D eigenvalue weighted by molar-refractivity contribution is 5.98. The first-order chi connectivity index (χ1) is 16.7. The maximum Gasteiger partial charge on any atom is 0.176 e. The summed E-state index contributed by atoms with van der Waals surface area (Å²) in [5.41, 5.74) is 5.00. The number of piperazine rings is 1. The van der Waals surface area contributed by atoms with Gasteiger partial charge in [0, 0.05) is 66.3 Å². The first kappa shape index (κ1) is 20.6. The molecule has 1 aliphatic rings. The topological polar surface area (TPSA) is 70.0 Å². The van der Waals surface area contributed by atoms with Crippen LogP contribution in [0.4, 0.5) is 14.5 Å². The van der Waals surface area contributed by atoms with E-state index in [0.29, 0.717) is 22.5 Å². The number of rotatable bonds is 4. The molecule has 1 saturated heterocycles. The van der Waals surface area contributed by atoms with Crippen LogP contribution in [0.25, 0.3) is 44.6 Å². The quantitative estimate of drug-likeness (QED) is 0.386. The molecule has 0 bridgehead atoms. The Morgan fingerprint density at radius 1 is 0.882 bits per heavy atom. The highest BCUT2D eigenvalue weighted by Crippen LogP contribution is 2.38. The van der Waals surface area contributed by atoms with E-state index in [1.807, 2.05) is 12.3 Å². The Balaban J connectivity index is 1.38. The molecule has 3 aromatic heterocycles. The molecule has 1 fully saturated rings. The van der Waals surface area contributed by atoms with Gasteiger partial charge in [-0.3, -0.25) is 0 Å². The van der Waals surface area contributed by atoms with Crippen molar-refractivity contribution in [3.63, 3.8) is 0 Å². The van der Waals surface area contributed by atoms with Crippen LogP contribution in [-0.2, 0) is 0 Å². The minimum absolute atomic E-state index is 0.0956. The van der Waals surface area contributed by atoms with E-state index < -0.39 is 11.6 Å². The Morgan fingerprint density at radius 3 is 2.53 bits per heavy atom. The van der Waals surface area contributed by atoms with Crippen molar-refractivity contribution in [2.45, 2.75) is 0 Å². The summed E-state index contributed by atoms with van der Waals surface area (Å²) >= 11 is 0. The number of anilines is 1. The molecule has 1 aliphatic heterocycles. The molecule has 4 heterocycles. The van der Waals surface area contributed by atoms with Crippen LogP contribution >= 0.6 is 0 Å². The van der Waals surface area contributed by atoms with Gasteiger partial charge in [0.05, 0.1) is 11.8 Å². The fourth-order valence-corrected chi connectivity index (χ4v) is 4.47. The van der Waals surface area contributed by atoms with Crippen LogP contribution in [-0.4, -0.2) is 41.3 Å². The lowest BCUT2D eigenvalue weighted by atomic mass is 10.0. The van der Waals surface area contributed by atoms with Gasteiger partial charge in [-0.05, 0) is 29.8 Å². The van der Waals surface area contributed by atoms with Crippen LogP contribution in [0.15, 0.2) is 71.6 Å². The molecule has 170 valence electrons. The molecule has 6 nitrogen and oxygen atoms in total. The van der Waals surface area contributed by atoms with E-state index in [0.717, 1.165) is 48.8 Å². The Labute approximate surface area is 194 Å². The van der Waals surface area contributed by atoms with Crippen molar-refractivity contribution in [2.24, 2.45) is 0 Å². The Bertz CT molecular complexity index is 1470. The molecule has 0 radical (unpaired) electrons. The first-order valence-electron chi connectivity index (χ1n) is 11.1. The number of hydrogen-bond donors (Lipinski definition) is 2. The maximum atomic E-state index is 14.5. The second-order valence-electron chi connectivity index (χ2n) is 8.28. The molecule has 2 N–H and O–H groups in total. The molecule has 34 heavy (non-hydrogen) atoms. The van der Waals surface area contributed by atoms with Crippen molar-refractivity contribution in [3.8, 4) is 33.6 Å². The van der Waals surface area contributed by atoms with E-state index in [4.69, 9.17) is 4.52 Å². The summed E-state index contributed by atoms with van der Waals surface area (Å²) in [7, 11) is 0. The standard InChI is InChI=1S/C26H21F2N5O/c27-23-3-1-2-19(24(23)28)22-15-32-34-25(22)21-14-31-26-20(21)12-17(13-30-26)16-4-6-18(7-5-16)33-10-8-29-9-11-33/h1-7,12-15,29H,8-11H2,(H,30,31). The Kier molecular flexibility index (Phi) is 5.07. The average molecular weight is 457 g/mol. The highest BCUT2D eigenvalue weighted by Gasteiger charge is 2.21. The Morgan fingerprint density at radius 2 is 1.71 bits per heavy atom. The summed E-state index contributed by atoms with van der Waals surface area (Å²) in [5, 5.41) is 8.03. The van der Waals surface area contributed by atoms with Gasteiger partial charge >= 0.3 is 0 Å². The largest absolute Gasteiger partial charge is 0.369 e. The van der Waals surface area contributed by atoms with Crippen molar-refractivity contribution in [1.82, 2.24) is 20.4 Å². The fourth-order valence-electron chi connectivity index (χ4n) is 4.47. The summed E-state index contributed by atoms with van der Waals surface area (Å²) in [6.07, 6.45) is 4.96. The maximum absolute atomic E-state index is 14.5. The number of pyridine rings is 1. The number of H-pyrrole nitrogens is 1. The minimum atomic E-state index is -0.935. The van der Waals surface area contributed by atoms with E-state index in [1.165, 1.54) is 24.0 Å². The molecule has 0 spiro atoms. The molecule has 0 saturated carbocycles. The van der Waals surface area contributed by atoms with Crippen LogP contribution in [0.1, 0.15) is 0 Å². The van der Waals surface area contributed by atoms with Crippen molar-refractivity contribution in [3.05, 3.63) is 78.8 Å². The number of aromatic nitrogens is 3. The summed E-state index contributed by atoms with van der Waals surface area (Å²) in [6.45, 7) is 3.96. The molecule has 0 unspecified atom stereocenters. The zero-order chi connectivity index (χ0) is 23.1. The summed E-state index contributed by atoms with van der Waals surface area (Å²) < 4.78 is 33.8. The molecule has 5 aromatic rings. The third-order valence-electron chi connectivity index (χ3n) is 6.27. The average Bonchev–Trinajstić information content (AvgIpc) is 3.53. The number of benzene rings is 2. The van der Waals surface area contributed by atoms with E-state index >= 15 is 0 Å². The van der Waals surface area contributed by atoms with Crippen molar-refractivity contribution >= 4 is 16.7 Å². The lowest BCUT2D eigenvalue weighted by Crippen LogP contribution is -2.43. The van der Waals surface area contributed by atoms with Gasteiger partial charge in [-0.25, -0.2) is 13.8 Å². The van der Waals surface area contributed by atoms with Gasteiger partial charge in [-0.15, -0.1) is 0 Å². The number of halogens is 2. The predicted octanol–water partition coefficient (Wildman–Crippen LogP) is 5.24. The van der Waals surface area contributed by atoms with E-state index in [2.05, 4.69) is 49.6 Å². The van der Waals surface area contributed by atoms with Gasteiger partial charge in [0.15, 0.2) is 17.4 Å². The van der Waals surface area contributed by atoms with Crippen LogP contribution in [0, 0.1) is 11.6 Å². The van der Waals surface area contributed by atoms with Crippen molar-refractivity contribution in [2.75, 3.05) is 31.1 Å². The number of hydrogen-bond acceptors (Lipinski definition) is 5. The fraction of sp³-hybridized carbons (Fsp3) is 0.154. The molecular formula is C26H21F2N5O. The molecule has 0 atom stereocenters. The second-order valence-corrected chi connectivity index (χ2v) is 8.28. The third kappa shape index (κ3) is 3.52. The SMILES string of the molecule is Fc1cccc(-c2cnoc2-c2c[nH]c3ncc(-c4ccc(N5CCNCC5)cc4)cc23)c1F. The molecule has 8 heteroatoms. The zero-order valence-corrected chi connectivity index (χ0v) is 18.2. The normalized spacial score (nSPS) is 14.1. The van der Waals surface area contributed by atoms with Gasteiger partial charge < -0.3 is 19.7 Å². The number of aromatic amines is 1. The smallest absolute Gasteiger partial charge is 0.176 e. The molecule has 0 aliphatic carbocycles. The Hall–Kier alpha value is -4.04. The second kappa shape index (κ2) is 8.39. The third-order valence-corrected chi connectivity index (χ3v) is 6.27. The van der Waals surface area contributed by atoms with Gasteiger partial charge in [-0.1, -0.05) is 29.4 Å². The summed E-state index contributed by atoms with van der Waals surface area (Å²) in [5.74, 6) is -1.50. The number of fused-ring (bicyclic) bond motifs is 1. The number of nitrogens with zero attached hydrogens (tertiary/aromatic N) is 3. The van der Waals surface area contributed by atoms with E-state index in [-0.39, 0.29) is 5.56 Å². The molecular weight excluding hydrogens is 436 g/mol. The monoisotopic (exact) mass is 457 g/mol. The van der Waals surface area contributed by atoms with Crippen LogP contribution in [0.3, 0.4) is 0 Å². The van der Waals surface area contributed by atoms with Gasteiger partial charge in [0.2, 0.25) is 0 Å². The van der Waals surface area contributed by atoms with Crippen LogP contribution < -0.4 is 10.2 Å². The summed E-state index contributed by atoms with van der Waals surface area (Å²) in [6, 6.07) is 14.5. The molecule has 2 aromatic carbocycles. The molecule has 6 rings (SSSR count). The minimum Gasteiger partial charge on any atom is -0.369 e. The van der Waals surface area contributed by atoms with Gasteiger partial charge in [0.1, 0.15) is 5.65 Å². The van der Waals surface area contributed by atoms with E-state index in [9.17, 15) is 8.78 Å². The highest BCUT2D eigenvalue weighted by atomic mass is 19.2. The first-order valence-corrected chi connectivity index (χ1v) is 11.1. The van der Waals surface area contributed by atoms with Crippen LogP contribution in [0.5, 0.6) is 0 Å². The lowest BCUT2D eigenvalue weighted by Gasteiger charge is -2.29. The number of nitrogens with one attached hydrogen (secondary N) is 2. The van der Waals surface area contributed by atoms with Crippen molar-refractivity contribution < 1.29 is 13.3 Å². The van der Waals surface area contributed by atoms with Gasteiger partial charge in [0.25, 0.3) is 0 Å². The zero-order valence-electron chi connectivity index (χ0n) is 18.2. The van der Waals surface area contributed by atoms with E-state index in [1.54, 1.807) is 6.20 Å². The van der Waals surface area contributed by atoms with Gasteiger partial charge in [-0.2, -0.15) is 0 Å². The van der Waals surface area contributed by atoms with Crippen LogP contribution in [0.2, 0.25) is 0 Å². The summed E-state index contributed by atoms with van der Waals surface area (Å²) in [4.78, 5) is 10.1. The lowest BCUT2D eigenvalue weighted by molar-refractivity contribution is 0.432. The molecule has 0 amide bonds.